The predicted octanol–water partition coefficient (Wildman–Crippen LogP) is 0.222. The van der Waals surface area contributed by atoms with Crippen molar-refractivity contribution in [2.45, 2.75) is 25.2 Å². The lowest BCUT2D eigenvalue weighted by Crippen LogP contribution is -2.43. The average Bonchev–Trinajstić information content (AvgIpc) is 2.01. The maximum Gasteiger partial charge on any atom is 0.415 e. The van der Waals surface area contributed by atoms with Crippen LogP contribution in [-0.2, 0) is 0 Å². The number of hydrogen-bond donors (Lipinski definition) is 2. The van der Waals surface area contributed by atoms with Gasteiger partial charge in [0.1, 0.15) is 0 Å². The minimum atomic E-state index is -4.59. The fourth-order valence-electron chi connectivity index (χ4n) is 0.696. The van der Waals surface area contributed by atoms with Gasteiger partial charge in [-0.3, -0.25) is 4.90 Å². The van der Waals surface area contributed by atoms with Crippen LogP contribution in [0.2, 0.25) is 0 Å². The molecular weight excluding hydrogens is 187 g/mol. The zero-order chi connectivity index (χ0) is 10.6. The Labute approximate surface area is 74.8 Å². The summed E-state index contributed by atoms with van der Waals surface area (Å²) in [6, 6.07) is -0.392. The number of hydrogen-bond acceptors (Lipinski definition) is 3. The van der Waals surface area contributed by atoms with Gasteiger partial charge in [-0.15, -0.1) is 0 Å². The van der Waals surface area contributed by atoms with E-state index in [0.29, 0.717) is 0 Å². The van der Waals surface area contributed by atoms with E-state index < -0.39 is 24.9 Å². The van der Waals surface area contributed by atoms with E-state index in [1.807, 2.05) is 0 Å². The summed E-state index contributed by atoms with van der Waals surface area (Å²) >= 11 is 0. The van der Waals surface area contributed by atoms with Crippen LogP contribution in [0, 0.1) is 0 Å². The Morgan fingerprint density at radius 1 is 1.38 bits per heavy atom. The summed E-state index contributed by atoms with van der Waals surface area (Å²) in [5.41, 5.74) is 0. The summed E-state index contributed by atoms with van der Waals surface area (Å²) in [6.07, 6.45) is -6.95. The van der Waals surface area contributed by atoms with Crippen molar-refractivity contribution in [2.24, 2.45) is 0 Å². The van der Waals surface area contributed by atoms with E-state index in [1.54, 1.807) is 6.92 Å². The molecule has 2 atom stereocenters. The molecular formula is C7H14F3NO2. The Hall–Kier alpha value is -0.330. The minimum Gasteiger partial charge on any atom is -0.395 e. The lowest BCUT2D eigenvalue weighted by Gasteiger charge is -2.26. The number of halogens is 3. The van der Waals surface area contributed by atoms with Gasteiger partial charge in [-0.2, -0.15) is 13.2 Å². The first-order valence-corrected chi connectivity index (χ1v) is 3.85. The topological polar surface area (TPSA) is 43.7 Å². The molecule has 2 N–H and O–H groups in total. The molecule has 13 heavy (non-hydrogen) atoms. The highest BCUT2D eigenvalue weighted by Crippen LogP contribution is 2.20. The zero-order valence-electron chi connectivity index (χ0n) is 7.54. The number of likely N-dealkylation sites (N-methyl/N-ethyl adjacent to an activating group) is 1. The molecule has 0 amide bonds. The van der Waals surface area contributed by atoms with E-state index in [0.717, 1.165) is 0 Å². The van der Waals surface area contributed by atoms with E-state index in [9.17, 15) is 13.2 Å². The molecule has 0 rings (SSSR count). The molecule has 0 heterocycles. The zero-order valence-corrected chi connectivity index (χ0v) is 7.54. The third kappa shape index (κ3) is 4.44. The van der Waals surface area contributed by atoms with E-state index >= 15 is 0 Å². The monoisotopic (exact) mass is 201 g/mol. The Bertz CT molecular complexity index is 151. The quantitative estimate of drug-likeness (QED) is 0.684. The molecule has 2 unspecified atom stereocenters. The van der Waals surface area contributed by atoms with Crippen molar-refractivity contribution < 1.29 is 23.4 Å². The van der Waals surface area contributed by atoms with Gasteiger partial charge in [0, 0.05) is 12.6 Å². The van der Waals surface area contributed by atoms with Crippen molar-refractivity contribution in [1.29, 1.82) is 0 Å². The Kier molecular flexibility index (Phi) is 4.66. The van der Waals surface area contributed by atoms with Gasteiger partial charge in [0.25, 0.3) is 0 Å². The first kappa shape index (κ1) is 12.7. The van der Waals surface area contributed by atoms with Crippen LogP contribution in [0.1, 0.15) is 6.92 Å². The van der Waals surface area contributed by atoms with Crippen molar-refractivity contribution in [1.82, 2.24) is 4.90 Å². The van der Waals surface area contributed by atoms with Crippen molar-refractivity contribution in [3.05, 3.63) is 0 Å². The van der Waals surface area contributed by atoms with Gasteiger partial charge in [0.05, 0.1) is 6.61 Å². The fraction of sp³-hybridized carbons (Fsp3) is 1.00. The fourth-order valence-corrected chi connectivity index (χ4v) is 0.696. The largest absolute Gasteiger partial charge is 0.415 e. The van der Waals surface area contributed by atoms with Crippen LogP contribution in [0.15, 0.2) is 0 Å². The molecule has 0 spiro atoms. The Morgan fingerprint density at radius 3 is 2.15 bits per heavy atom. The summed E-state index contributed by atoms with van der Waals surface area (Å²) in [6.45, 7) is 0.815. The molecule has 0 aromatic carbocycles. The van der Waals surface area contributed by atoms with Crippen molar-refractivity contribution in [2.75, 3.05) is 20.2 Å². The van der Waals surface area contributed by atoms with Crippen LogP contribution >= 0.6 is 0 Å². The molecule has 0 aliphatic rings. The maximum atomic E-state index is 11.8. The molecule has 0 saturated carbocycles. The maximum absolute atomic E-state index is 11.8. The van der Waals surface area contributed by atoms with Crippen molar-refractivity contribution in [3.8, 4) is 0 Å². The third-order valence-electron chi connectivity index (χ3n) is 1.86. The van der Waals surface area contributed by atoms with Gasteiger partial charge in [-0.05, 0) is 14.0 Å². The highest BCUT2D eigenvalue weighted by Gasteiger charge is 2.39. The molecule has 0 aromatic heterocycles. The normalized spacial score (nSPS) is 17.5. The van der Waals surface area contributed by atoms with Crippen molar-refractivity contribution in [3.63, 3.8) is 0 Å². The number of aliphatic hydroxyl groups is 2. The smallest absolute Gasteiger partial charge is 0.395 e. The second-order valence-corrected chi connectivity index (χ2v) is 3.03. The Morgan fingerprint density at radius 2 is 1.85 bits per heavy atom. The van der Waals surface area contributed by atoms with Gasteiger partial charge in [-0.25, -0.2) is 0 Å². The van der Waals surface area contributed by atoms with Crippen molar-refractivity contribution >= 4 is 0 Å². The highest BCUT2D eigenvalue weighted by atomic mass is 19.4. The standard InChI is InChI=1S/C7H14F3NO2/c1-5(4-12)11(2)3-6(13)7(8,9)10/h5-6,12-13H,3-4H2,1-2H3. The van der Waals surface area contributed by atoms with Gasteiger partial charge in [0.2, 0.25) is 0 Å². The summed E-state index contributed by atoms with van der Waals surface area (Å²) in [7, 11) is 1.41. The van der Waals surface area contributed by atoms with E-state index in [4.69, 9.17) is 10.2 Å². The first-order chi connectivity index (χ1) is 5.79. The van der Waals surface area contributed by atoms with Crippen LogP contribution in [0.25, 0.3) is 0 Å². The van der Waals surface area contributed by atoms with Crippen LogP contribution in [0.3, 0.4) is 0 Å². The van der Waals surface area contributed by atoms with Gasteiger partial charge >= 0.3 is 6.18 Å². The molecule has 0 saturated heterocycles. The van der Waals surface area contributed by atoms with Gasteiger partial charge in [-0.1, -0.05) is 0 Å². The summed E-state index contributed by atoms with van der Waals surface area (Å²) in [5.74, 6) is 0. The molecule has 3 nitrogen and oxygen atoms in total. The molecule has 80 valence electrons. The molecule has 6 heteroatoms. The molecule has 0 radical (unpaired) electrons. The second-order valence-electron chi connectivity index (χ2n) is 3.03. The van der Waals surface area contributed by atoms with Gasteiger partial charge < -0.3 is 10.2 Å². The number of aliphatic hydroxyl groups excluding tert-OH is 2. The SMILES string of the molecule is CC(CO)N(C)CC(O)C(F)(F)F. The van der Waals surface area contributed by atoms with Crippen LogP contribution in [0.4, 0.5) is 13.2 Å². The van der Waals surface area contributed by atoms with Crippen LogP contribution in [0.5, 0.6) is 0 Å². The second kappa shape index (κ2) is 4.78. The summed E-state index contributed by atoms with van der Waals surface area (Å²) in [4.78, 5) is 1.25. The van der Waals surface area contributed by atoms with E-state index in [1.165, 1.54) is 11.9 Å². The first-order valence-electron chi connectivity index (χ1n) is 3.85. The van der Waals surface area contributed by atoms with E-state index in [-0.39, 0.29) is 6.61 Å². The molecule has 0 aliphatic carbocycles. The predicted molar refractivity (Wildman–Crippen MR) is 41.2 cm³/mol. The number of nitrogens with zero attached hydrogens (tertiary/aromatic N) is 1. The summed E-state index contributed by atoms with van der Waals surface area (Å²) in [5, 5.41) is 17.3. The van der Waals surface area contributed by atoms with Crippen LogP contribution < -0.4 is 0 Å². The Balaban J connectivity index is 3.98. The van der Waals surface area contributed by atoms with Crippen LogP contribution in [-0.4, -0.2) is 53.6 Å². The average molecular weight is 201 g/mol. The number of alkyl halides is 3. The molecule has 0 aliphatic heterocycles. The molecule has 0 aromatic rings. The molecule has 0 bridgehead atoms. The molecule has 0 fully saturated rings. The minimum absolute atomic E-state index is 0.235. The van der Waals surface area contributed by atoms with Gasteiger partial charge in [0.15, 0.2) is 6.10 Å². The lowest BCUT2D eigenvalue weighted by molar-refractivity contribution is -0.208. The number of rotatable bonds is 4. The lowest BCUT2D eigenvalue weighted by atomic mass is 10.2. The van der Waals surface area contributed by atoms with E-state index in [2.05, 4.69) is 0 Å². The summed E-state index contributed by atoms with van der Waals surface area (Å²) < 4.78 is 35.5. The third-order valence-corrected chi connectivity index (χ3v) is 1.86. The highest BCUT2D eigenvalue weighted by molar-refractivity contribution is 4.72.